The normalized spacial score (nSPS) is 17.0. The molecule has 2 aromatic carbocycles. The third kappa shape index (κ3) is 3.40. The average molecular weight is 440 g/mol. The van der Waals surface area contributed by atoms with Crippen molar-refractivity contribution in [2.24, 2.45) is 0 Å². The van der Waals surface area contributed by atoms with Crippen molar-refractivity contribution in [1.29, 1.82) is 0 Å². The predicted molar refractivity (Wildman–Crippen MR) is 132 cm³/mol. The molecule has 3 heterocycles. The number of aromatic amines is 1. The first-order valence-electron chi connectivity index (χ1n) is 12.0. The van der Waals surface area contributed by atoms with E-state index in [2.05, 4.69) is 53.3 Å². The van der Waals surface area contributed by atoms with E-state index in [1.165, 1.54) is 34.7 Å². The Labute approximate surface area is 193 Å². The first kappa shape index (κ1) is 20.4. The van der Waals surface area contributed by atoms with Gasteiger partial charge in [-0.05, 0) is 75.0 Å². The van der Waals surface area contributed by atoms with Gasteiger partial charge in [0.1, 0.15) is 0 Å². The van der Waals surface area contributed by atoms with Gasteiger partial charge in [0.25, 0.3) is 5.91 Å². The second kappa shape index (κ2) is 7.96. The third-order valence-corrected chi connectivity index (χ3v) is 7.36. The minimum atomic E-state index is 0.126. The van der Waals surface area contributed by atoms with Crippen LogP contribution in [-0.2, 0) is 12.8 Å². The Morgan fingerprint density at radius 3 is 2.33 bits per heavy atom. The zero-order valence-corrected chi connectivity index (χ0v) is 19.3. The van der Waals surface area contributed by atoms with Crippen molar-refractivity contribution in [3.63, 3.8) is 0 Å². The molecule has 4 aromatic rings. The Hall–Kier alpha value is -3.25. The van der Waals surface area contributed by atoms with Crippen LogP contribution in [0.4, 0.5) is 0 Å². The van der Waals surface area contributed by atoms with E-state index in [9.17, 15) is 4.79 Å². The molecule has 168 valence electrons. The average Bonchev–Trinajstić information content (AvgIpc) is 3.24. The number of nitrogens with zero attached hydrogens (tertiary/aromatic N) is 4. The highest BCUT2D eigenvalue weighted by Gasteiger charge is 2.23. The van der Waals surface area contributed by atoms with Gasteiger partial charge in [-0.3, -0.25) is 9.89 Å². The van der Waals surface area contributed by atoms with Crippen LogP contribution in [0.25, 0.3) is 33.1 Å². The highest BCUT2D eigenvalue weighted by Crippen LogP contribution is 2.38. The number of aromatic nitrogens is 3. The number of piperazine rings is 1. The van der Waals surface area contributed by atoms with Crippen LogP contribution in [-0.4, -0.2) is 64.1 Å². The molecule has 6 heteroatoms. The van der Waals surface area contributed by atoms with Crippen LogP contribution in [0.3, 0.4) is 0 Å². The lowest BCUT2D eigenvalue weighted by Crippen LogP contribution is -2.47. The van der Waals surface area contributed by atoms with E-state index in [1.54, 1.807) is 0 Å². The van der Waals surface area contributed by atoms with E-state index in [0.717, 1.165) is 72.6 Å². The molecular formula is C27H29N5O. The predicted octanol–water partition coefficient (Wildman–Crippen LogP) is 4.35. The first-order chi connectivity index (χ1) is 16.1. The monoisotopic (exact) mass is 439 g/mol. The molecule has 0 atom stereocenters. The maximum atomic E-state index is 13.0. The molecule has 0 unspecified atom stereocenters. The number of rotatable bonds is 2. The number of benzene rings is 2. The fourth-order valence-corrected chi connectivity index (χ4v) is 5.48. The number of amides is 1. The Morgan fingerprint density at radius 2 is 1.58 bits per heavy atom. The third-order valence-electron chi connectivity index (χ3n) is 7.36. The van der Waals surface area contributed by atoms with Crippen molar-refractivity contribution in [2.75, 3.05) is 33.2 Å². The maximum absolute atomic E-state index is 13.0. The quantitative estimate of drug-likeness (QED) is 0.504. The van der Waals surface area contributed by atoms with Crippen LogP contribution < -0.4 is 0 Å². The second-order valence-electron chi connectivity index (χ2n) is 9.50. The summed E-state index contributed by atoms with van der Waals surface area (Å²) in [6.07, 6.45) is 4.51. The van der Waals surface area contributed by atoms with Crippen LogP contribution in [0.1, 0.15) is 40.0 Å². The molecule has 0 spiro atoms. The Balaban J connectivity index is 1.42. The SMILES string of the molecule is Cc1[nH]nc2ccc3nc(-c4ccc(C(=O)N5CCN(C)CC5)cc4)c4c(c3c12)CCCC4. The van der Waals surface area contributed by atoms with Crippen molar-refractivity contribution in [3.8, 4) is 11.3 Å². The summed E-state index contributed by atoms with van der Waals surface area (Å²) in [7, 11) is 2.10. The highest BCUT2D eigenvalue weighted by molar-refractivity contribution is 6.09. The van der Waals surface area contributed by atoms with Crippen molar-refractivity contribution in [2.45, 2.75) is 32.6 Å². The Morgan fingerprint density at radius 1 is 0.879 bits per heavy atom. The smallest absolute Gasteiger partial charge is 0.253 e. The van der Waals surface area contributed by atoms with Crippen LogP contribution in [0, 0.1) is 6.92 Å². The van der Waals surface area contributed by atoms with Crippen LogP contribution in [0.5, 0.6) is 0 Å². The number of pyridine rings is 1. The van der Waals surface area contributed by atoms with Crippen molar-refractivity contribution >= 4 is 27.7 Å². The van der Waals surface area contributed by atoms with Gasteiger partial charge >= 0.3 is 0 Å². The molecular weight excluding hydrogens is 410 g/mol. The van der Waals surface area contributed by atoms with Gasteiger partial charge in [0.05, 0.1) is 16.7 Å². The number of aryl methyl sites for hydroxylation is 2. The molecule has 6 rings (SSSR count). The van der Waals surface area contributed by atoms with Crippen molar-refractivity contribution in [1.82, 2.24) is 25.0 Å². The van der Waals surface area contributed by atoms with Crippen LogP contribution in [0.15, 0.2) is 36.4 Å². The number of likely N-dealkylation sites (N-methyl/N-ethyl adjacent to an activating group) is 1. The number of hydrogen-bond acceptors (Lipinski definition) is 4. The molecule has 0 bridgehead atoms. The molecule has 1 fully saturated rings. The van der Waals surface area contributed by atoms with Gasteiger partial charge < -0.3 is 9.80 Å². The first-order valence-corrected chi connectivity index (χ1v) is 12.0. The molecule has 0 radical (unpaired) electrons. The highest BCUT2D eigenvalue weighted by atomic mass is 16.2. The lowest BCUT2D eigenvalue weighted by molar-refractivity contribution is 0.0664. The van der Waals surface area contributed by atoms with E-state index in [4.69, 9.17) is 4.98 Å². The lowest BCUT2D eigenvalue weighted by atomic mass is 9.85. The summed E-state index contributed by atoms with van der Waals surface area (Å²) in [6, 6.07) is 12.3. The van der Waals surface area contributed by atoms with Gasteiger partial charge in [-0.15, -0.1) is 0 Å². The zero-order chi connectivity index (χ0) is 22.5. The van der Waals surface area contributed by atoms with Crippen LogP contribution in [0.2, 0.25) is 0 Å². The topological polar surface area (TPSA) is 65.1 Å². The van der Waals surface area contributed by atoms with E-state index in [0.29, 0.717) is 0 Å². The summed E-state index contributed by atoms with van der Waals surface area (Å²) in [4.78, 5) is 22.4. The lowest BCUT2D eigenvalue weighted by Gasteiger charge is -2.32. The summed E-state index contributed by atoms with van der Waals surface area (Å²) < 4.78 is 0. The summed E-state index contributed by atoms with van der Waals surface area (Å²) in [5, 5.41) is 10.1. The molecule has 1 N–H and O–H groups in total. The molecule has 2 aromatic heterocycles. The van der Waals surface area contributed by atoms with Gasteiger partial charge in [0.15, 0.2) is 0 Å². The van der Waals surface area contributed by atoms with Crippen molar-refractivity contribution in [3.05, 3.63) is 58.8 Å². The second-order valence-corrected chi connectivity index (χ2v) is 9.50. The largest absolute Gasteiger partial charge is 0.336 e. The summed E-state index contributed by atoms with van der Waals surface area (Å²) in [5.74, 6) is 0.126. The number of hydrogen-bond donors (Lipinski definition) is 1. The molecule has 1 aliphatic heterocycles. The molecule has 2 aliphatic rings. The summed E-state index contributed by atoms with van der Waals surface area (Å²) in [6.45, 7) is 5.53. The minimum absolute atomic E-state index is 0.126. The number of nitrogens with one attached hydrogen (secondary N) is 1. The molecule has 1 saturated heterocycles. The maximum Gasteiger partial charge on any atom is 0.253 e. The van der Waals surface area contributed by atoms with E-state index in [-0.39, 0.29) is 5.91 Å². The standard InChI is InChI=1S/C27H29N5O/c1-17-24-23(30-29-17)12-11-22-25(24)20-5-3-4-6-21(20)26(28-22)18-7-9-19(10-8-18)27(33)32-15-13-31(2)14-16-32/h7-12H,3-6,13-16H2,1-2H3,(H,29,30). The molecule has 0 saturated carbocycles. The fourth-order valence-electron chi connectivity index (χ4n) is 5.48. The van der Waals surface area contributed by atoms with Gasteiger partial charge in [0, 0.05) is 53.8 Å². The van der Waals surface area contributed by atoms with Crippen molar-refractivity contribution < 1.29 is 4.79 Å². The molecule has 1 aliphatic carbocycles. The number of carbonyl (C=O) groups is 1. The van der Waals surface area contributed by atoms with Gasteiger partial charge in [-0.2, -0.15) is 5.10 Å². The fraction of sp³-hybridized carbons (Fsp3) is 0.370. The number of H-pyrrole nitrogens is 1. The Bertz CT molecular complexity index is 1360. The summed E-state index contributed by atoms with van der Waals surface area (Å²) in [5.41, 5.74) is 8.84. The number of carbonyl (C=O) groups excluding carboxylic acids is 1. The summed E-state index contributed by atoms with van der Waals surface area (Å²) >= 11 is 0. The molecule has 6 nitrogen and oxygen atoms in total. The van der Waals surface area contributed by atoms with E-state index in [1.807, 2.05) is 17.0 Å². The molecule has 1 amide bonds. The van der Waals surface area contributed by atoms with E-state index < -0.39 is 0 Å². The zero-order valence-electron chi connectivity index (χ0n) is 19.3. The number of fused-ring (bicyclic) bond motifs is 5. The minimum Gasteiger partial charge on any atom is -0.336 e. The molecule has 33 heavy (non-hydrogen) atoms. The van der Waals surface area contributed by atoms with Crippen LogP contribution >= 0.6 is 0 Å². The van der Waals surface area contributed by atoms with Gasteiger partial charge in [0.2, 0.25) is 0 Å². The van der Waals surface area contributed by atoms with Gasteiger partial charge in [-0.1, -0.05) is 12.1 Å². The van der Waals surface area contributed by atoms with Gasteiger partial charge in [-0.25, -0.2) is 4.98 Å². The van der Waals surface area contributed by atoms with E-state index >= 15 is 0 Å². The Kier molecular flexibility index (Phi) is 4.91.